The number of benzene rings is 1. The molecule has 0 aliphatic rings. The van der Waals surface area contributed by atoms with Gasteiger partial charge in [0.05, 0.1) is 6.04 Å². The zero-order valence-electron chi connectivity index (χ0n) is 7.21. The topological polar surface area (TPSA) is 48.8 Å². The number of nitrogens with zero attached hydrogens (tertiary/aromatic N) is 3. The molecule has 0 spiro atoms. The second-order valence-electron chi connectivity index (χ2n) is 2.66. The van der Waals surface area contributed by atoms with E-state index in [9.17, 15) is 13.2 Å². The second kappa shape index (κ2) is 4.02. The third-order valence-electron chi connectivity index (χ3n) is 1.69. The summed E-state index contributed by atoms with van der Waals surface area (Å²) in [6.45, 7) is 1.32. The number of rotatable bonds is 2. The van der Waals surface area contributed by atoms with E-state index in [1.807, 2.05) is 0 Å². The standard InChI is InChI=1S/C8H6F3N3/c1-4(13-14-12)8-6(10)2-5(9)3-7(8)11/h2-4H,1H3/t4-/m1/s1. The van der Waals surface area contributed by atoms with Crippen LogP contribution in [-0.4, -0.2) is 0 Å². The van der Waals surface area contributed by atoms with Crippen LogP contribution in [0.5, 0.6) is 0 Å². The van der Waals surface area contributed by atoms with Crippen LogP contribution < -0.4 is 0 Å². The molecule has 74 valence electrons. The molecular formula is C8H6F3N3. The Kier molecular flexibility index (Phi) is 2.99. The van der Waals surface area contributed by atoms with Gasteiger partial charge in [0.2, 0.25) is 0 Å². The smallest absolute Gasteiger partial charge is 0.132 e. The average molecular weight is 201 g/mol. The van der Waals surface area contributed by atoms with Crippen LogP contribution in [-0.2, 0) is 0 Å². The van der Waals surface area contributed by atoms with Crippen molar-refractivity contribution in [3.05, 3.63) is 45.6 Å². The molecule has 6 heteroatoms. The molecule has 14 heavy (non-hydrogen) atoms. The van der Waals surface area contributed by atoms with E-state index in [0.717, 1.165) is 0 Å². The van der Waals surface area contributed by atoms with E-state index in [0.29, 0.717) is 12.1 Å². The SMILES string of the molecule is C[C@@H](N=[N+]=[N-])c1c(F)cc(F)cc1F. The molecule has 0 saturated carbocycles. The van der Waals surface area contributed by atoms with Crippen molar-refractivity contribution in [2.75, 3.05) is 0 Å². The molecule has 0 radical (unpaired) electrons. The highest BCUT2D eigenvalue weighted by atomic mass is 19.1. The van der Waals surface area contributed by atoms with Gasteiger partial charge in [-0.15, -0.1) is 0 Å². The van der Waals surface area contributed by atoms with E-state index in [4.69, 9.17) is 5.53 Å². The predicted octanol–water partition coefficient (Wildman–Crippen LogP) is 3.48. The zero-order valence-corrected chi connectivity index (χ0v) is 7.21. The first-order valence-electron chi connectivity index (χ1n) is 3.75. The summed E-state index contributed by atoms with van der Waals surface area (Å²) in [4.78, 5) is 2.41. The number of halogens is 3. The molecule has 0 aromatic heterocycles. The Labute approximate surface area is 77.8 Å². The first kappa shape index (κ1) is 10.4. The fourth-order valence-electron chi connectivity index (χ4n) is 1.09. The molecule has 1 aromatic carbocycles. The van der Waals surface area contributed by atoms with Gasteiger partial charge in [-0.1, -0.05) is 12.0 Å². The van der Waals surface area contributed by atoms with E-state index >= 15 is 0 Å². The van der Waals surface area contributed by atoms with Crippen LogP contribution >= 0.6 is 0 Å². The Bertz CT molecular complexity index is 376. The van der Waals surface area contributed by atoms with E-state index in [1.54, 1.807) is 0 Å². The van der Waals surface area contributed by atoms with Gasteiger partial charge < -0.3 is 0 Å². The molecule has 0 bridgehead atoms. The van der Waals surface area contributed by atoms with Crippen molar-refractivity contribution in [1.29, 1.82) is 0 Å². The summed E-state index contributed by atoms with van der Waals surface area (Å²) in [5.74, 6) is -3.11. The van der Waals surface area contributed by atoms with E-state index in [1.165, 1.54) is 6.92 Å². The van der Waals surface area contributed by atoms with Gasteiger partial charge in [0.1, 0.15) is 17.5 Å². The number of hydrogen-bond acceptors (Lipinski definition) is 1. The molecule has 0 N–H and O–H groups in total. The quantitative estimate of drug-likeness (QED) is 0.399. The molecule has 0 aliphatic heterocycles. The monoisotopic (exact) mass is 201 g/mol. The zero-order chi connectivity index (χ0) is 10.7. The molecule has 0 fully saturated rings. The van der Waals surface area contributed by atoms with Gasteiger partial charge >= 0.3 is 0 Å². The summed E-state index contributed by atoms with van der Waals surface area (Å²) < 4.78 is 38.5. The van der Waals surface area contributed by atoms with Crippen molar-refractivity contribution < 1.29 is 13.2 Å². The summed E-state index contributed by atoms with van der Waals surface area (Å²) in [5, 5.41) is 3.12. The lowest BCUT2D eigenvalue weighted by atomic mass is 10.1. The molecule has 0 unspecified atom stereocenters. The van der Waals surface area contributed by atoms with Crippen LogP contribution in [0.2, 0.25) is 0 Å². The fourth-order valence-corrected chi connectivity index (χ4v) is 1.09. The number of azide groups is 1. The normalized spacial score (nSPS) is 12.0. The highest BCUT2D eigenvalue weighted by molar-refractivity contribution is 5.23. The van der Waals surface area contributed by atoms with Crippen molar-refractivity contribution in [3.8, 4) is 0 Å². The fraction of sp³-hybridized carbons (Fsp3) is 0.250. The third-order valence-corrected chi connectivity index (χ3v) is 1.69. The Morgan fingerprint density at radius 2 is 1.79 bits per heavy atom. The first-order valence-corrected chi connectivity index (χ1v) is 3.75. The molecule has 3 nitrogen and oxygen atoms in total. The first-order chi connectivity index (χ1) is 6.56. The Hall–Kier alpha value is -1.68. The molecule has 0 heterocycles. The minimum absolute atomic E-state index is 0.427. The van der Waals surface area contributed by atoms with E-state index in [2.05, 4.69) is 10.0 Å². The summed E-state index contributed by atoms with van der Waals surface area (Å²) in [6.07, 6.45) is 0. The Balaban J connectivity index is 3.26. The van der Waals surface area contributed by atoms with Crippen molar-refractivity contribution in [2.45, 2.75) is 13.0 Å². The summed E-state index contributed by atoms with van der Waals surface area (Å²) in [6, 6.07) is 0.0875. The van der Waals surface area contributed by atoms with Crippen LogP contribution in [0.3, 0.4) is 0 Å². The van der Waals surface area contributed by atoms with Crippen LogP contribution in [0.1, 0.15) is 18.5 Å². The summed E-state index contributed by atoms with van der Waals surface area (Å²) >= 11 is 0. The second-order valence-corrected chi connectivity index (χ2v) is 2.66. The van der Waals surface area contributed by atoms with Gasteiger partial charge in [0.15, 0.2) is 0 Å². The molecule has 1 rings (SSSR count). The largest absolute Gasteiger partial charge is 0.207 e. The molecule has 0 amide bonds. The third kappa shape index (κ3) is 1.97. The maximum atomic E-state index is 13.0. The van der Waals surface area contributed by atoms with E-state index in [-0.39, 0.29) is 0 Å². The highest BCUT2D eigenvalue weighted by Crippen LogP contribution is 2.24. The van der Waals surface area contributed by atoms with Crippen molar-refractivity contribution in [3.63, 3.8) is 0 Å². The van der Waals surface area contributed by atoms with Crippen LogP contribution in [0.15, 0.2) is 17.2 Å². The minimum atomic E-state index is -1.05. The summed E-state index contributed by atoms with van der Waals surface area (Å²) in [7, 11) is 0. The molecule has 0 aliphatic carbocycles. The van der Waals surface area contributed by atoms with Crippen LogP contribution in [0.4, 0.5) is 13.2 Å². The molecule has 0 saturated heterocycles. The Morgan fingerprint density at radius 1 is 1.29 bits per heavy atom. The lowest BCUT2D eigenvalue weighted by molar-refractivity contribution is 0.510. The molecule has 1 atom stereocenters. The minimum Gasteiger partial charge on any atom is -0.207 e. The summed E-state index contributed by atoms with van der Waals surface area (Å²) in [5.41, 5.74) is 7.65. The Morgan fingerprint density at radius 3 is 2.21 bits per heavy atom. The predicted molar refractivity (Wildman–Crippen MR) is 43.9 cm³/mol. The van der Waals surface area contributed by atoms with Crippen molar-refractivity contribution >= 4 is 0 Å². The number of hydrogen-bond donors (Lipinski definition) is 0. The van der Waals surface area contributed by atoms with Gasteiger partial charge in [-0.25, -0.2) is 13.2 Å². The van der Waals surface area contributed by atoms with Crippen molar-refractivity contribution in [1.82, 2.24) is 0 Å². The van der Waals surface area contributed by atoms with Gasteiger partial charge in [-0.05, 0) is 5.53 Å². The molecular weight excluding hydrogens is 195 g/mol. The van der Waals surface area contributed by atoms with Gasteiger partial charge in [0.25, 0.3) is 0 Å². The maximum Gasteiger partial charge on any atom is 0.132 e. The van der Waals surface area contributed by atoms with E-state index < -0.39 is 29.1 Å². The van der Waals surface area contributed by atoms with Crippen molar-refractivity contribution in [2.24, 2.45) is 5.11 Å². The van der Waals surface area contributed by atoms with Gasteiger partial charge in [0, 0.05) is 22.6 Å². The van der Waals surface area contributed by atoms with Gasteiger partial charge in [-0.3, -0.25) is 0 Å². The van der Waals surface area contributed by atoms with Gasteiger partial charge in [-0.2, -0.15) is 0 Å². The highest BCUT2D eigenvalue weighted by Gasteiger charge is 2.16. The average Bonchev–Trinajstić information content (AvgIpc) is 2.01. The van der Waals surface area contributed by atoms with Crippen LogP contribution in [0, 0.1) is 17.5 Å². The lowest BCUT2D eigenvalue weighted by Gasteiger charge is -2.07. The van der Waals surface area contributed by atoms with Crippen LogP contribution in [0.25, 0.3) is 10.4 Å². The molecule has 1 aromatic rings. The lowest BCUT2D eigenvalue weighted by Crippen LogP contribution is -1.99. The maximum absolute atomic E-state index is 13.0.